The molecule has 96 valence electrons. The summed E-state index contributed by atoms with van der Waals surface area (Å²) in [5.74, 6) is 0. The minimum absolute atomic E-state index is 0.0197. The maximum absolute atomic E-state index is 12.4. The van der Waals surface area contributed by atoms with E-state index < -0.39 is 10.0 Å². The van der Waals surface area contributed by atoms with Crippen molar-refractivity contribution in [3.8, 4) is 0 Å². The zero-order valence-electron chi connectivity index (χ0n) is 9.67. The van der Waals surface area contributed by atoms with Crippen molar-refractivity contribution in [2.24, 2.45) is 0 Å². The first-order valence-electron chi connectivity index (χ1n) is 5.92. The van der Waals surface area contributed by atoms with Gasteiger partial charge in [-0.15, -0.1) is 0 Å². The number of sulfonamides is 1. The quantitative estimate of drug-likeness (QED) is 0.797. The Labute approximate surface area is 102 Å². The third kappa shape index (κ3) is 2.53. The molecule has 0 radical (unpaired) electrons. The SMILES string of the molecule is O=S(=O)(c1cc[nH]c1)N(CCCO)C1CCC1. The van der Waals surface area contributed by atoms with Gasteiger partial charge in [0.25, 0.3) is 0 Å². The predicted octanol–water partition coefficient (Wildman–Crippen LogP) is 0.940. The van der Waals surface area contributed by atoms with Crippen molar-refractivity contribution in [2.45, 2.75) is 36.6 Å². The average molecular weight is 258 g/mol. The zero-order valence-corrected chi connectivity index (χ0v) is 10.5. The number of H-pyrrole nitrogens is 1. The number of rotatable bonds is 6. The molecule has 1 saturated carbocycles. The molecule has 1 heterocycles. The molecule has 0 aromatic carbocycles. The van der Waals surface area contributed by atoms with E-state index in [9.17, 15) is 8.42 Å². The molecule has 1 aromatic heterocycles. The maximum Gasteiger partial charge on any atom is 0.244 e. The fourth-order valence-corrected chi connectivity index (χ4v) is 3.71. The predicted molar refractivity (Wildman–Crippen MR) is 64.0 cm³/mol. The summed E-state index contributed by atoms with van der Waals surface area (Å²) >= 11 is 0. The molecule has 2 rings (SSSR count). The summed E-state index contributed by atoms with van der Waals surface area (Å²) in [5.41, 5.74) is 0. The molecule has 0 unspecified atom stereocenters. The van der Waals surface area contributed by atoms with Gasteiger partial charge in [0.2, 0.25) is 10.0 Å². The van der Waals surface area contributed by atoms with Crippen molar-refractivity contribution in [3.63, 3.8) is 0 Å². The highest BCUT2D eigenvalue weighted by Crippen LogP contribution is 2.29. The van der Waals surface area contributed by atoms with Crippen molar-refractivity contribution in [1.82, 2.24) is 9.29 Å². The van der Waals surface area contributed by atoms with Crippen molar-refractivity contribution in [3.05, 3.63) is 18.5 Å². The van der Waals surface area contributed by atoms with Crippen LogP contribution in [0.3, 0.4) is 0 Å². The molecule has 2 N–H and O–H groups in total. The van der Waals surface area contributed by atoms with E-state index >= 15 is 0 Å². The number of aliphatic hydroxyl groups excluding tert-OH is 1. The Morgan fingerprint density at radius 3 is 2.71 bits per heavy atom. The van der Waals surface area contributed by atoms with Gasteiger partial charge in [0.1, 0.15) is 0 Å². The van der Waals surface area contributed by atoms with Crippen molar-refractivity contribution < 1.29 is 13.5 Å². The minimum atomic E-state index is -3.40. The number of nitrogens with one attached hydrogen (secondary N) is 1. The highest BCUT2D eigenvalue weighted by atomic mass is 32.2. The third-order valence-corrected chi connectivity index (χ3v) is 5.14. The van der Waals surface area contributed by atoms with Crippen LogP contribution in [0.1, 0.15) is 25.7 Å². The molecule has 17 heavy (non-hydrogen) atoms. The topological polar surface area (TPSA) is 73.4 Å². The van der Waals surface area contributed by atoms with Crippen molar-refractivity contribution >= 4 is 10.0 Å². The largest absolute Gasteiger partial charge is 0.396 e. The van der Waals surface area contributed by atoms with Crippen LogP contribution in [-0.4, -0.2) is 42.0 Å². The van der Waals surface area contributed by atoms with E-state index in [2.05, 4.69) is 4.98 Å². The first-order chi connectivity index (χ1) is 8.16. The molecular formula is C11H18N2O3S. The average Bonchev–Trinajstić information content (AvgIpc) is 2.74. The molecule has 0 atom stereocenters. The summed E-state index contributed by atoms with van der Waals surface area (Å²) in [6, 6.07) is 1.68. The number of nitrogens with zero attached hydrogens (tertiary/aromatic N) is 1. The number of aromatic amines is 1. The molecule has 0 amide bonds. The lowest BCUT2D eigenvalue weighted by Gasteiger charge is -2.36. The molecular weight excluding hydrogens is 240 g/mol. The second-order valence-corrected chi connectivity index (χ2v) is 6.21. The van der Waals surface area contributed by atoms with Gasteiger partial charge in [-0.3, -0.25) is 0 Å². The minimum Gasteiger partial charge on any atom is -0.396 e. The van der Waals surface area contributed by atoms with E-state index in [-0.39, 0.29) is 12.6 Å². The van der Waals surface area contributed by atoms with E-state index in [1.165, 1.54) is 10.5 Å². The Bertz CT molecular complexity index is 437. The van der Waals surface area contributed by atoms with E-state index in [0.717, 1.165) is 19.3 Å². The Hall–Kier alpha value is -0.850. The first-order valence-corrected chi connectivity index (χ1v) is 7.36. The van der Waals surface area contributed by atoms with E-state index in [1.807, 2.05) is 0 Å². The molecule has 5 nitrogen and oxygen atoms in total. The Morgan fingerprint density at radius 2 is 2.24 bits per heavy atom. The first kappa shape index (κ1) is 12.6. The summed E-state index contributed by atoms with van der Waals surface area (Å²) in [6.07, 6.45) is 6.53. The highest BCUT2D eigenvalue weighted by Gasteiger charge is 2.34. The van der Waals surface area contributed by atoms with Gasteiger partial charge in [-0.2, -0.15) is 4.31 Å². The van der Waals surface area contributed by atoms with Gasteiger partial charge in [-0.05, 0) is 25.3 Å². The molecule has 0 bridgehead atoms. The normalized spacial score (nSPS) is 17.3. The van der Waals surface area contributed by atoms with E-state index in [1.54, 1.807) is 12.3 Å². The van der Waals surface area contributed by atoms with Gasteiger partial charge in [0.15, 0.2) is 0 Å². The zero-order chi connectivity index (χ0) is 12.3. The van der Waals surface area contributed by atoms with Crippen LogP contribution >= 0.6 is 0 Å². The summed E-state index contributed by atoms with van der Waals surface area (Å²) < 4.78 is 26.3. The lowest BCUT2D eigenvalue weighted by Crippen LogP contribution is -2.44. The van der Waals surface area contributed by atoms with Crippen LogP contribution in [0.15, 0.2) is 23.4 Å². The van der Waals surface area contributed by atoms with Crippen LogP contribution in [0, 0.1) is 0 Å². The van der Waals surface area contributed by atoms with Gasteiger partial charge >= 0.3 is 0 Å². The van der Waals surface area contributed by atoms with Crippen LogP contribution in [0.2, 0.25) is 0 Å². The van der Waals surface area contributed by atoms with Gasteiger partial charge in [-0.25, -0.2) is 8.42 Å². The lowest BCUT2D eigenvalue weighted by molar-refractivity contribution is 0.198. The Morgan fingerprint density at radius 1 is 1.47 bits per heavy atom. The summed E-state index contributed by atoms with van der Waals surface area (Å²) in [7, 11) is -3.40. The van der Waals surface area contributed by atoms with Crippen LogP contribution in [0.25, 0.3) is 0 Å². The number of hydrogen-bond donors (Lipinski definition) is 2. The molecule has 1 aliphatic carbocycles. The van der Waals surface area contributed by atoms with E-state index in [4.69, 9.17) is 5.11 Å². The molecule has 1 fully saturated rings. The van der Waals surface area contributed by atoms with Crippen molar-refractivity contribution in [2.75, 3.05) is 13.2 Å². The summed E-state index contributed by atoms with van der Waals surface area (Å²) in [5, 5.41) is 8.86. The second-order valence-electron chi connectivity index (χ2n) is 4.32. The summed E-state index contributed by atoms with van der Waals surface area (Å²) in [4.78, 5) is 3.07. The lowest BCUT2D eigenvalue weighted by atomic mass is 9.93. The number of hydrogen-bond acceptors (Lipinski definition) is 3. The van der Waals surface area contributed by atoms with E-state index in [0.29, 0.717) is 17.9 Å². The molecule has 1 aromatic rings. The van der Waals surface area contributed by atoms with Crippen LogP contribution in [0.5, 0.6) is 0 Å². The van der Waals surface area contributed by atoms with Crippen LogP contribution in [0.4, 0.5) is 0 Å². The summed E-state index contributed by atoms with van der Waals surface area (Å²) in [6.45, 7) is 0.417. The maximum atomic E-state index is 12.4. The smallest absolute Gasteiger partial charge is 0.244 e. The highest BCUT2D eigenvalue weighted by molar-refractivity contribution is 7.89. The molecule has 6 heteroatoms. The standard InChI is InChI=1S/C11H18N2O3S/c14-8-2-7-13(10-3-1-4-10)17(15,16)11-5-6-12-9-11/h5-6,9-10,12,14H,1-4,7-8H2. The van der Waals surface area contributed by atoms with Crippen LogP contribution < -0.4 is 0 Å². The Kier molecular flexibility index (Phi) is 3.86. The molecule has 0 saturated heterocycles. The monoisotopic (exact) mass is 258 g/mol. The van der Waals surface area contributed by atoms with Gasteiger partial charge in [0, 0.05) is 31.6 Å². The Balaban J connectivity index is 2.19. The number of aliphatic hydroxyl groups is 1. The van der Waals surface area contributed by atoms with Crippen LogP contribution in [-0.2, 0) is 10.0 Å². The fourth-order valence-electron chi connectivity index (χ4n) is 2.00. The fraction of sp³-hybridized carbons (Fsp3) is 0.636. The molecule has 0 aliphatic heterocycles. The number of aromatic nitrogens is 1. The second kappa shape index (κ2) is 5.20. The van der Waals surface area contributed by atoms with Crippen molar-refractivity contribution in [1.29, 1.82) is 0 Å². The van der Waals surface area contributed by atoms with Gasteiger partial charge < -0.3 is 10.1 Å². The third-order valence-electron chi connectivity index (χ3n) is 3.19. The molecule has 1 aliphatic rings. The molecule has 0 spiro atoms. The van der Waals surface area contributed by atoms with Gasteiger partial charge in [-0.1, -0.05) is 6.42 Å². The van der Waals surface area contributed by atoms with Gasteiger partial charge in [0.05, 0.1) is 4.90 Å².